The van der Waals surface area contributed by atoms with E-state index in [0.29, 0.717) is 0 Å². The molecule has 1 aliphatic heterocycles. The van der Waals surface area contributed by atoms with Crippen molar-refractivity contribution in [1.29, 1.82) is 0 Å². The maximum absolute atomic E-state index is 12.8. The summed E-state index contributed by atoms with van der Waals surface area (Å²) in [6.07, 6.45) is 1.45. The Morgan fingerprint density at radius 2 is 1.29 bits per heavy atom. The van der Waals surface area contributed by atoms with Crippen molar-refractivity contribution in [2.24, 2.45) is 11.8 Å². The van der Waals surface area contributed by atoms with Crippen molar-refractivity contribution in [3.8, 4) is 0 Å². The van der Waals surface area contributed by atoms with Crippen LogP contribution in [0, 0.1) is 25.7 Å². The molecule has 3 rings (SSSR count). The Kier molecular flexibility index (Phi) is 3.23. The Bertz CT molecular complexity index is 620. The van der Waals surface area contributed by atoms with E-state index in [1.165, 1.54) is 16.0 Å². The number of hydrogen-bond acceptors (Lipinski definition) is 2. The van der Waals surface area contributed by atoms with Gasteiger partial charge in [-0.1, -0.05) is 29.3 Å². The molecule has 21 heavy (non-hydrogen) atoms. The molecule has 1 heterocycles. The van der Waals surface area contributed by atoms with Gasteiger partial charge in [0.05, 0.1) is 17.5 Å². The molecule has 0 spiro atoms. The van der Waals surface area contributed by atoms with Crippen molar-refractivity contribution in [2.75, 3.05) is 4.90 Å². The first-order valence-corrected chi connectivity index (χ1v) is 7.51. The van der Waals surface area contributed by atoms with Gasteiger partial charge in [0.1, 0.15) is 0 Å². The van der Waals surface area contributed by atoms with Crippen LogP contribution in [0.1, 0.15) is 37.8 Å². The zero-order valence-electron chi connectivity index (χ0n) is 13.1. The number of benzene rings is 1. The third kappa shape index (κ3) is 2.03. The maximum atomic E-state index is 12.8. The number of nitrogens with zero attached hydrogens (tertiary/aromatic N) is 1. The molecule has 0 aromatic heterocycles. The largest absolute Gasteiger partial charge is 0.274 e. The Hall–Kier alpha value is -1.90. The number of aryl methyl sites for hydroxylation is 2. The summed E-state index contributed by atoms with van der Waals surface area (Å²) >= 11 is 0. The molecule has 1 saturated heterocycles. The summed E-state index contributed by atoms with van der Waals surface area (Å²) in [6, 6.07) is 5.88. The lowest BCUT2D eigenvalue weighted by Crippen LogP contribution is -2.32. The highest BCUT2D eigenvalue weighted by molar-refractivity contribution is 6.23. The van der Waals surface area contributed by atoms with Crippen molar-refractivity contribution in [2.45, 2.75) is 40.5 Å². The molecule has 1 aliphatic carbocycles. The van der Waals surface area contributed by atoms with Gasteiger partial charge in [0.15, 0.2) is 0 Å². The van der Waals surface area contributed by atoms with E-state index in [0.717, 1.165) is 29.7 Å². The van der Waals surface area contributed by atoms with Gasteiger partial charge in [-0.05, 0) is 51.7 Å². The first-order valence-electron chi connectivity index (χ1n) is 7.51. The van der Waals surface area contributed by atoms with Crippen LogP contribution in [-0.2, 0) is 9.59 Å². The van der Waals surface area contributed by atoms with Crippen LogP contribution in [0.15, 0.2) is 29.3 Å². The molecule has 0 radical (unpaired) electrons. The number of hydrogen-bond donors (Lipinski definition) is 0. The van der Waals surface area contributed by atoms with E-state index < -0.39 is 0 Å². The van der Waals surface area contributed by atoms with Gasteiger partial charge in [-0.2, -0.15) is 0 Å². The molecular formula is C18H21NO2. The molecule has 3 nitrogen and oxygen atoms in total. The van der Waals surface area contributed by atoms with E-state index in [9.17, 15) is 9.59 Å². The van der Waals surface area contributed by atoms with Gasteiger partial charge in [0.2, 0.25) is 11.8 Å². The molecule has 1 fully saturated rings. The number of amides is 2. The summed E-state index contributed by atoms with van der Waals surface area (Å²) in [7, 11) is 0. The second-order valence-corrected chi connectivity index (χ2v) is 6.43. The van der Waals surface area contributed by atoms with Crippen LogP contribution in [0.4, 0.5) is 5.69 Å². The lowest BCUT2D eigenvalue weighted by atomic mass is 9.78. The highest BCUT2D eigenvalue weighted by Crippen LogP contribution is 2.43. The zero-order valence-corrected chi connectivity index (χ0v) is 13.1. The highest BCUT2D eigenvalue weighted by Gasteiger charge is 2.50. The van der Waals surface area contributed by atoms with Crippen LogP contribution in [0.25, 0.3) is 0 Å². The minimum absolute atomic E-state index is 0.0192. The summed E-state index contributed by atoms with van der Waals surface area (Å²) in [4.78, 5) is 27.0. The van der Waals surface area contributed by atoms with Gasteiger partial charge in [-0.15, -0.1) is 0 Å². The Morgan fingerprint density at radius 1 is 0.857 bits per heavy atom. The average Bonchev–Trinajstić information content (AvgIpc) is 2.65. The van der Waals surface area contributed by atoms with Crippen molar-refractivity contribution >= 4 is 17.5 Å². The van der Waals surface area contributed by atoms with Crippen LogP contribution in [0.5, 0.6) is 0 Å². The van der Waals surface area contributed by atoms with Crippen LogP contribution < -0.4 is 4.90 Å². The minimum atomic E-state index is -0.166. The third-order valence-electron chi connectivity index (χ3n) is 5.00. The van der Waals surface area contributed by atoms with E-state index in [-0.39, 0.29) is 23.7 Å². The molecule has 0 N–H and O–H groups in total. The van der Waals surface area contributed by atoms with E-state index in [1.54, 1.807) is 0 Å². The average molecular weight is 283 g/mol. The van der Waals surface area contributed by atoms with Gasteiger partial charge in [0, 0.05) is 0 Å². The fourth-order valence-corrected chi connectivity index (χ4v) is 3.63. The van der Waals surface area contributed by atoms with Crippen LogP contribution in [0.2, 0.25) is 0 Å². The number of fused-ring (bicyclic) bond motifs is 1. The quantitative estimate of drug-likeness (QED) is 0.584. The molecule has 3 heteroatoms. The molecule has 2 aliphatic rings. The van der Waals surface area contributed by atoms with Gasteiger partial charge in [-0.3, -0.25) is 9.59 Å². The predicted octanol–water partition coefficient (Wildman–Crippen LogP) is 3.54. The summed E-state index contributed by atoms with van der Waals surface area (Å²) in [6.45, 7) is 8.06. The SMILES string of the molecule is CC1=C(C)CC2C(=O)N(c3c(C)cccc3C)C(=O)C2C1. The summed E-state index contributed by atoms with van der Waals surface area (Å²) in [5, 5.41) is 0. The fraction of sp³-hybridized carbons (Fsp3) is 0.444. The smallest absolute Gasteiger partial charge is 0.238 e. The molecule has 110 valence electrons. The number of allylic oxidation sites excluding steroid dienone is 2. The topological polar surface area (TPSA) is 37.4 Å². The van der Waals surface area contributed by atoms with Gasteiger partial charge in [-0.25, -0.2) is 4.90 Å². The maximum Gasteiger partial charge on any atom is 0.238 e. The molecule has 2 amide bonds. The third-order valence-corrected chi connectivity index (χ3v) is 5.00. The number of carbonyl (C=O) groups is 2. The second kappa shape index (κ2) is 4.83. The van der Waals surface area contributed by atoms with E-state index in [1.807, 2.05) is 32.0 Å². The first-order chi connectivity index (χ1) is 9.91. The summed E-state index contributed by atoms with van der Waals surface area (Å²) < 4.78 is 0. The number of anilines is 1. The molecule has 2 unspecified atom stereocenters. The van der Waals surface area contributed by atoms with E-state index >= 15 is 0 Å². The summed E-state index contributed by atoms with van der Waals surface area (Å²) in [5.74, 6) is -0.371. The van der Waals surface area contributed by atoms with Crippen molar-refractivity contribution in [3.63, 3.8) is 0 Å². The predicted molar refractivity (Wildman–Crippen MR) is 83.0 cm³/mol. The second-order valence-electron chi connectivity index (χ2n) is 6.43. The van der Waals surface area contributed by atoms with E-state index in [2.05, 4.69) is 13.8 Å². The van der Waals surface area contributed by atoms with Gasteiger partial charge < -0.3 is 0 Å². The van der Waals surface area contributed by atoms with Crippen LogP contribution in [0.3, 0.4) is 0 Å². The minimum Gasteiger partial charge on any atom is -0.274 e. The first kappa shape index (κ1) is 14.1. The molecular weight excluding hydrogens is 262 g/mol. The summed E-state index contributed by atoms with van der Waals surface area (Å²) in [5.41, 5.74) is 5.28. The lowest BCUT2D eigenvalue weighted by Gasteiger charge is -2.23. The number of carbonyl (C=O) groups excluding carboxylic acids is 2. The van der Waals surface area contributed by atoms with Gasteiger partial charge >= 0.3 is 0 Å². The molecule has 1 aromatic carbocycles. The standard InChI is InChI=1S/C18H21NO2/c1-10-6-5-7-11(2)16(10)19-17(20)14-8-12(3)13(4)9-15(14)18(19)21/h5-7,14-15H,8-9H2,1-4H3. The van der Waals surface area contributed by atoms with Crippen molar-refractivity contribution < 1.29 is 9.59 Å². The highest BCUT2D eigenvalue weighted by atomic mass is 16.2. The van der Waals surface area contributed by atoms with E-state index in [4.69, 9.17) is 0 Å². The Labute approximate surface area is 125 Å². The van der Waals surface area contributed by atoms with Crippen LogP contribution >= 0.6 is 0 Å². The van der Waals surface area contributed by atoms with Gasteiger partial charge in [0.25, 0.3) is 0 Å². The Morgan fingerprint density at radius 3 is 1.71 bits per heavy atom. The van der Waals surface area contributed by atoms with Crippen molar-refractivity contribution in [3.05, 3.63) is 40.5 Å². The monoisotopic (exact) mass is 283 g/mol. The molecule has 0 bridgehead atoms. The zero-order chi connectivity index (χ0) is 15.3. The Balaban J connectivity index is 2.05. The normalized spacial score (nSPS) is 25.6. The lowest BCUT2D eigenvalue weighted by molar-refractivity contribution is -0.122. The molecule has 0 saturated carbocycles. The number of para-hydroxylation sites is 1. The van der Waals surface area contributed by atoms with Crippen molar-refractivity contribution in [1.82, 2.24) is 0 Å². The van der Waals surface area contributed by atoms with Crippen LogP contribution in [-0.4, -0.2) is 11.8 Å². The fourth-order valence-electron chi connectivity index (χ4n) is 3.63. The number of imide groups is 1. The number of rotatable bonds is 1. The molecule has 2 atom stereocenters. The molecule has 1 aromatic rings.